The summed E-state index contributed by atoms with van der Waals surface area (Å²) >= 11 is 1.09. The fraction of sp³-hybridized carbons (Fsp3) is 0.368. The van der Waals surface area contributed by atoms with Crippen molar-refractivity contribution < 1.29 is 4.79 Å². The normalized spacial score (nSPS) is 15.3. The predicted molar refractivity (Wildman–Crippen MR) is 103 cm³/mol. The summed E-state index contributed by atoms with van der Waals surface area (Å²) in [6, 6.07) is 7.76. The highest BCUT2D eigenvalue weighted by Crippen LogP contribution is 2.29. The number of carbonyl (C=O) groups excluding carboxylic acids is 1. The standard InChI is InChI=1S/C19H20N4O2S/c1-12-7-9-13(10-8-12)20-18(24)15-11-23(14-5-3-2-4-6-14)19(25)16-17(15)26-22-21-16/h7-11,14H,2-6H2,1H3,(H,20,24). The summed E-state index contributed by atoms with van der Waals surface area (Å²) in [5, 5.41) is 6.90. The Morgan fingerprint density at radius 1 is 1.19 bits per heavy atom. The van der Waals surface area contributed by atoms with Gasteiger partial charge in [0, 0.05) is 17.9 Å². The van der Waals surface area contributed by atoms with Gasteiger partial charge in [-0.3, -0.25) is 9.59 Å². The van der Waals surface area contributed by atoms with Crippen molar-refractivity contribution in [3.63, 3.8) is 0 Å². The number of nitrogens with one attached hydrogen (secondary N) is 1. The molecule has 1 amide bonds. The SMILES string of the molecule is Cc1ccc(NC(=O)c2cn(C3CCCCC3)c(=O)c3nnsc23)cc1. The van der Waals surface area contributed by atoms with Gasteiger partial charge >= 0.3 is 0 Å². The molecule has 0 unspecified atom stereocenters. The van der Waals surface area contributed by atoms with Crippen LogP contribution in [0.25, 0.3) is 10.2 Å². The molecule has 1 aromatic carbocycles. The zero-order chi connectivity index (χ0) is 18.1. The van der Waals surface area contributed by atoms with Gasteiger partial charge < -0.3 is 9.88 Å². The highest BCUT2D eigenvalue weighted by Gasteiger charge is 2.23. The minimum absolute atomic E-state index is 0.133. The lowest BCUT2D eigenvalue weighted by Gasteiger charge is -2.24. The average molecular weight is 368 g/mol. The quantitative estimate of drug-likeness (QED) is 0.760. The number of benzene rings is 1. The molecule has 2 aromatic heterocycles. The second-order valence-corrected chi connectivity index (χ2v) is 7.57. The van der Waals surface area contributed by atoms with Crippen molar-refractivity contribution in [2.24, 2.45) is 0 Å². The van der Waals surface area contributed by atoms with Gasteiger partial charge in [-0.15, -0.1) is 5.10 Å². The van der Waals surface area contributed by atoms with Gasteiger partial charge in [0.1, 0.15) is 0 Å². The molecule has 0 radical (unpaired) electrons. The van der Waals surface area contributed by atoms with Crippen LogP contribution in [0.2, 0.25) is 0 Å². The Bertz CT molecular complexity index is 1000. The van der Waals surface area contributed by atoms with Crippen LogP contribution >= 0.6 is 11.5 Å². The number of fused-ring (bicyclic) bond motifs is 1. The Balaban J connectivity index is 1.74. The molecule has 4 rings (SSSR count). The number of hydrogen-bond donors (Lipinski definition) is 1. The maximum atomic E-state index is 12.9. The van der Waals surface area contributed by atoms with E-state index in [1.165, 1.54) is 6.42 Å². The van der Waals surface area contributed by atoms with E-state index in [1.807, 2.05) is 31.2 Å². The van der Waals surface area contributed by atoms with E-state index in [2.05, 4.69) is 14.9 Å². The molecule has 1 N–H and O–H groups in total. The summed E-state index contributed by atoms with van der Waals surface area (Å²) in [5.41, 5.74) is 2.45. The lowest BCUT2D eigenvalue weighted by atomic mass is 9.95. The molecule has 0 atom stereocenters. The van der Waals surface area contributed by atoms with Crippen molar-refractivity contribution in [2.45, 2.75) is 45.1 Å². The van der Waals surface area contributed by atoms with E-state index in [9.17, 15) is 9.59 Å². The fourth-order valence-corrected chi connectivity index (χ4v) is 4.18. The van der Waals surface area contributed by atoms with Crippen LogP contribution in [0.15, 0.2) is 35.3 Å². The van der Waals surface area contributed by atoms with Crippen LogP contribution in [0.3, 0.4) is 0 Å². The van der Waals surface area contributed by atoms with E-state index in [0.717, 1.165) is 48.5 Å². The van der Waals surface area contributed by atoms with Crippen LogP contribution in [0, 0.1) is 6.92 Å². The summed E-state index contributed by atoms with van der Waals surface area (Å²) in [5.74, 6) is -0.241. The summed E-state index contributed by atoms with van der Waals surface area (Å²) < 4.78 is 6.16. The van der Waals surface area contributed by atoms with Gasteiger partial charge in [0.05, 0.1) is 10.3 Å². The number of amides is 1. The Morgan fingerprint density at radius 3 is 2.65 bits per heavy atom. The van der Waals surface area contributed by atoms with Crippen LogP contribution in [-0.4, -0.2) is 20.1 Å². The topological polar surface area (TPSA) is 76.9 Å². The van der Waals surface area contributed by atoms with E-state index < -0.39 is 0 Å². The Hall–Kier alpha value is -2.54. The molecule has 3 aromatic rings. The van der Waals surface area contributed by atoms with Crippen molar-refractivity contribution in [1.29, 1.82) is 0 Å². The third kappa shape index (κ3) is 3.14. The second-order valence-electron chi connectivity index (χ2n) is 6.82. The molecule has 7 heteroatoms. The van der Waals surface area contributed by atoms with Gasteiger partial charge in [-0.1, -0.05) is 41.4 Å². The zero-order valence-electron chi connectivity index (χ0n) is 14.6. The van der Waals surface area contributed by atoms with Crippen molar-refractivity contribution in [2.75, 3.05) is 5.32 Å². The molecule has 0 bridgehead atoms. The van der Waals surface area contributed by atoms with Gasteiger partial charge in [-0.2, -0.15) is 0 Å². The maximum Gasteiger partial charge on any atom is 0.280 e. The van der Waals surface area contributed by atoms with Gasteiger partial charge in [0.25, 0.3) is 11.5 Å². The molecule has 1 aliphatic carbocycles. The first kappa shape index (κ1) is 16.9. The number of hydrogen-bond acceptors (Lipinski definition) is 5. The molecule has 1 fully saturated rings. The van der Waals surface area contributed by atoms with Crippen molar-refractivity contribution in [3.05, 3.63) is 51.9 Å². The smallest absolute Gasteiger partial charge is 0.280 e. The van der Waals surface area contributed by atoms with Gasteiger partial charge in [-0.05, 0) is 43.4 Å². The van der Waals surface area contributed by atoms with Crippen LogP contribution in [-0.2, 0) is 0 Å². The van der Waals surface area contributed by atoms with Crippen molar-refractivity contribution in [1.82, 2.24) is 14.2 Å². The molecule has 1 aliphatic rings. The molecular weight excluding hydrogens is 348 g/mol. The summed E-state index contributed by atoms with van der Waals surface area (Å²) in [4.78, 5) is 25.7. The summed E-state index contributed by atoms with van der Waals surface area (Å²) in [6.45, 7) is 2.00. The minimum atomic E-state index is -0.241. The molecule has 0 aliphatic heterocycles. The number of anilines is 1. The lowest BCUT2D eigenvalue weighted by molar-refractivity contribution is 0.102. The number of aromatic nitrogens is 3. The number of carbonyl (C=O) groups is 1. The minimum Gasteiger partial charge on any atom is -0.322 e. The second kappa shape index (κ2) is 6.99. The van der Waals surface area contributed by atoms with Crippen molar-refractivity contribution >= 4 is 33.3 Å². The molecule has 6 nitrogen and oxygen atoms in total. The maximum absolute atomic E-state index is 12.9. The lowest BCUT2D eigenvalue weighted by Crippen LogP contribution is -2.28. The Kier molecular flexibility index (Phi) is 4.55. The van der Waals surface area contributed by atoms with Crippen molar-refractivity contribution in [3.8, 4) is 0 Å². The molecule has 0 saturated heterocycles. The first-order valence-electron chi connectivity index (χ1n) is 8.89. The van der Waals surface area contributed by atoms with Crippen LogP contribution < -0.4 is 10.9 Å². The Labute approximate surface area is 155 Å². The van der Waals surface area contributed by atoms with E-state index in [0.29, 0.717) is 10.3 Å². The highest BCUT2D eigenvalue weighted by atomic mass is 32.1. The monoisotopic (exact) mass is 368 g/mol. The Morgan fingerprint density at radius 2 is 1.92 bits per heavy atom. The van der Waals surface area contributed by atoms with Crippen LogP contribution in [0.4, 0.5) is 5.69 Å². The van der Waals surface area contributed by atoms with E-state index in [4.69, 9.17) is 0 Å². The first-order valence-corrected chi connectivity index (χ1v) is 9.66. The van der Waals surface area contributed by atoms with Gasteiger partial charge in [0.15, 0.2) is 5.52 Å². The third-order valence-electron chi connectivity index (χ3n) is 4.96. The number of nitrogens with zero attached hydrogens (tertiary/aromatic N) is 3. The highest BCUT2D eigenvalue weighted by molar-refractivity contribution is 7.13. The molecule has 0 spiro atoms. The molecule has 134 valence electrons. The fourth-order valence-electron chi connectivity index (χ4n) is 3.51. The zero-order valence-corrected chi connectivity index (χ0v) is 15.4. The third-order valence-corrected chi connectivity index (χ3v) is 5.72. The van der Waals surface area contributed by atoms with E-state index in [-0.39, 0.29) is 23.0 Å². The summed E-state index contributed by atoms with van der Waals surface area (Å²) in [6.07, 6.45) is 7.03. The first-order chi connectivity index (χ1) is 12.6. The number of aryl methyl sites for hydroxylation is 1. The average Bonchev–Trinajstić information content (AvgIpc) is 3.15. The van der Waals surface area contributed by atoms with E-state index in [1.54, 1.807) is 10.8 Å². The van der Waals surface area contributed by atoms with Crippen LogP contribution in [0.1, 0.15) is 54.1 Å². The summed E-state index contributed by atoms with van der Waals surface area (Å²) in [7, 11) is 0. The van der Waals surface area contributed by atoms with Gasteiger partial charge in [0.2, 0.25) is 0 Å². The molecule has 1 saturated carbocycles. The molecule has 2 heterocycles. The predicted octanol–water partition coefficient (Wildman–Crippen LogP) is 3.92. The van der Waals surface area contributed by atoms with Crippen LogP contribution in [0.5, 0.6) is 0 Å². The molecule has 26 heavy (non-hydrogen) atoms. The van der Waals surface area contributed by atoms with Gasteiger partial charge in [-0.25, -0.2) is 0 Å². The largest absolute Gasteiger partial charge is 0.322 e. The number of rotatable bonds is 3. The van der Waals surface area contributed by atoms with E-state index >= 15 is 0 Å². The number of pyridine rings is 1. The molecular formula is C19H20N4O2S.